The standard InChI is InChI=1S/C25H38O/c1-6-7-17(2)21-10-11-22-20-9-8-18-16-19(26-5)12-14-24(18,3)23(20)13-15-25(21,22)4/h7-8,16,20-23H,6,9-15H2,1-5H3/b17-7+. The molecule has 2 fully saturated rings. The third-order valence-electron chi connectivity index (χ3n) is 9.07. The van der Waals surface area contributed by atoms with E-state index < -0.39 is 0 Å². The first-order chi connectivity index (χ1) is 12.4. The second-order valence-electron chi connectivity index (χ2n) is 10.0. The van der Waals surface area contributed by atoms with Crippen molar-refractivity contribution in [2.45, 2.75) is 79.1 Å². The molecule has 0 aromatic rings. The Morgan fingerprint density at radius 3 is 2.73 bits per heavy atom. The van der Waals surface area contributed by atoms with Gasteiger partial charge < -0.3 is 4.74 Å². The largest absolute Gasteiger partial charge is 0.501 e. The van der Waals surface area contributed by atoms with Crippen molar-refractivity contribution in [1.82, 2.24) is 0 Å². The van der Waals surface area contributed by atoms with Gasteiger partial charge in [0, 0.05) is 6.42 Å². The van der Waals surface area contributed by atoms with Crippen LogP contribution >= 0.6 is 0 Å². The highest BCUT2D eigenvalue weighted by Crippen LogP contribution is 2.66. The minimum Gasteiger partial charge on any atom is -0.501 e. The molecule has 4 rings (SSSR count). The number of hydrogen-bond acceptors (Lipinski definition) is 1. The van der Waals surface area contributed by atoms with Crippen molar-refractivity contribution in [3.8, 4) is 0 Å². The summed E-state index contributed by atoms with van der Waals surface area (Å²) in [7, 11) is 1.83. The zero-order valence-corrected chi connectivity index (χ0v) is 17.6. The summed E-state index contributed by atoms with van der Waals surface area (Å²) in [6, 6.07) is 0. The first-order valence-corrected chi connectivity index (χ1v) is 11.1. The van der Waals surface area contributed by atoms with Gasteiger partial charge in [-0.1, -0.05) is 38.5 Å². The van der Waals surface area contributed by atoms with Gasteiger partial charge in [0.25, 0.3) is 0 Å². The third kappa shape index (κ3) is 2.56. The highest BCUT2D eigenvalue weighted by Gasteiger charge is 2.58. The molecule has 0 N–H and O–H groups in total. The quantitative estimate of drug-likeness (QED) is 0.493. The summed E-state index contributed by atoms with van der Waals surface area (Å²) in [6.45, 7) is 9.90. The van der Waals surface area contributed by atoms with Crippen LogP contribution in [0.25, 0.3) is 0 Å². The fourth-order valence-electron chi connectivity index (χ4n) is 7.67. The van der Waals surface area contributed by atoms with Gasteiger partial charge in [0.1, 0.15) is 0 Å². The average molecular weight is 355 g/mol. The summed E-state index contributed by atoms with van der Waals surface area (Å²) < 4.78 is 5.58. The number of allylic oxidation sites excluding steroid dienone is 6. The van der Waals surface area contributed by atoms with E-state index in [9.17, 15) is 0 Å². The molecule has 6 atom stereocenters. The van der Waals surface area contributed by atoms with Gasteiger partial charge in [0.05, 0.1) is 12.9 Å². The van der Waals surface area contributed by atoms with Gasteiger partial charge in [-0.05, 0) is 98.0 Å². The Morgan fingerprint density at radius 1 is 1.19 bits per heavy atom. The molecule has 4 aliphatic carbocycles. The molecule has 0 radical (unpaired) electrons. The van der Waals surface area contributed by atoms with Crippen LogP contribution in [0, 0.1) is 34.5 Å². The van der Waals surface area contributed by atoms with Crippen molar-refractivity contribution >= 4 is 0 Å². The molecule has 0 saturated heterocycles. The van der Waals surface area contributed by atoms with Crippen molar-refractivity contribution in [2.24, 2.45) is 34.5 Å². The highest BCUT2D eigenvalue weighted by molar-refractivity contribution is 5.36. The molecule has 4 aliphatic rings. The van der Waals surface area contributed by atoms with Gasteiger partial charge in [-0.2, -0.15) is 0 Å². The average Bonchev–Trinajstić information content (AvgIpc) is 2.98. The molecule has 0 amide bonds. The van der Waals surface area contributed by atoms with E-state index in [2.05, 4.69) is 45.9 Å². The Bertz CT molecular complexity index is 653. The maximum absolute atomic E-state index is 5.58. The van der Waals surface area contributed by atoms with Crippen LogP contribution < -0.4 is 0 Å². The molecule has 0 spiro atoms. The second kappa shape index (κ2) is 6.57. The van der Waals surface area contributed by atoms with Crippen LogP contribution in [0.4, 0.5) is 0 Å². The number of ether oxygens (including phenoxy) is 1. The summed E-state index contributed by atoms with van der Waals surface area (Å²) in [5.41, 5.74) is 4.20. The van der Waals surface area contributed by atoms with Crippen molar-refractivity contribution in [3.05, 3.63) is 35.1 Å². The SMILES string of the molecule is CC/C=C(\C)C1CCC2C3CC=C4C=C(OC)CCC4(C)C3CCC12C. The van der Waals surface area contributed by atoms with E-state index in [4.69, 9.17) is 4.74 Å². The lowest BCUT2D eigenvalue weighted by Gasteiger charge is -2.57. The molecule has 0 bridgehead atoms. The van der Waals surface area contributed by atoms with E-state index in [1.807, 2.05) is 7.11 Å². The number of methoxy groups -OCH3 is 1. The predicted octanol–water partition coefficient (Wildman–Crippen LogP) is 7.06. The van der Waals surface area contributed by atoms with Crippen molar-refractivity contribution in [3.63, 3.8) is 0 Å². The Kier molecular flexibility index (Phi) is 4.65. The van der Waals surface area contributed by atoms with Gasteiger partial charge in [-0.3, -0.25) is 0 Å². The van der Waals surface area contributed by atoms with Crippen LogP contribution in [0.5, 0.6) is 0 Å². The number of rotatable bonds is 3. The Balaban J connectivity index is 1.64. The first kappa shape index (κ1) is 18.4. The summed E-state index contributed by atoms with van der Waals surface area (Å²) in [4.78, 5) is 0. The molecule has 2 saturated carbocycles. The zero-order valence-electron chi connectivity index (χ0n) is 17.6. The Morgan fingerprint density at radius 2 is 2.00 bits per heavy atom. The molecule has 0 aromatic carbocycles. The molecule has 0 aromatic heterocycles. The van der Waals surface area contributed by atoms with Crippen LogP contribution in [-0.4, -0.2) is 7.11 Å². The van der Waals surface area contributed by atoms with Crippen LogP contribution in [0.1, 0.15) is 79.1 Å². The molecule has 144 valence electrons. The minimum atomic E-state index is 0.388. The fraction of sp³-hybridized carbons (Fsp3) is 0.760. The van der Waals surface area contributed by atoms with Gasteiger partial charge in [0.15, 0.2) is 0 Å². The van der Waals surface area contributed by atoms with Gasteiger partial charge in [0.2, 0.25) is 0 Å². The smallest absolute Gasteiger partial charge is 0.0958 e. The van der Waals surface area contributed by atoms with E-state index >= 15 is 0 Å². The lowest BCUT2D eigenvalue weighted by molar-refractivity contribution is -0.0318. The lowest BCUT2D eigenvalue weighted by atomic mass is 9.48. The van der Waals surface area contributed by atoms with Gasteiger partial charge >= 0.3 is 0 Å². The zero-order chi connectivity index (χ0) is 18.5. The van der Waals surface area contributed by atoms with E-state index in [-0.39, 0.29) is 0 Å². The van der Waals surface area contributed by atoms with Crippen LogP contribution in [-0.2, 0) is 4.74 Å². The molecule has 26 heavy (non-hydrogen) atoms. The molecular weight excluding hydrogens is 316 g/mol. The van der Waals surface area contributed by atoms with Crippen LogP contribution in [0.2, 0.25) is 0 Å². The molecule has 1 nitrogen and oxygen atoms in total. The van der Waals surface area contributed by atoms with Gasteiger partial charge in [-0.15, -0.1) is 0 Å². The fourth-order valence-corrected chi connectivity index (χ4v) is 7.67. The van der Waals surface area contributed by atoms with Crippen molar-refractivity contribution < 1.29 is 4.74 Å². The Labute approximate surface area is 161 Å². The molecule has 0 heterocycles. The van der Waals surface area contributed by atoms with Gasteiger partial charge in [-0.25, -0.2) is 0 Å². The maximum atomic E-state index is 5.58. The van der Waals surface area contributed by atoms with Crippen LogP contribution in [0.15, 0.2) is 35.1 Å². The predicted molar refractivity (Wildman–Crippen MR) is 110 cm³/mol. The Hall–Kier alpha value is -0.980. The summed E-state index contributed by atoms with van der Waals surface area (Å²) in [6.07, 6.45) is 18.1. The highest BCUT2D eigenvalue weighted by atomic mass is 16.5. The first-order valence-electron chi connectivity index (χ1n) is 11.1. The summed E-state index contributed by atoms with van der Waals surface area (Å²) in [5, 5.41) is 0. The topological polar surface area (TPSA) is 9.23 Å². The maximum Gasteiger partial charge on any atom is 0.0958 e. The number of fused-ring (bicyclic) bond motifs is 5. The summed E-state index contributed by atoms with van der Waals surface area (Å²) >= 11 is 0. The van der Waals surface area contributed by atoms with Crippen molar-refractivity contribution in [2.75, 3.05) is 7.11 Å². The normalized spacial score (nSPS) is 45.2. The molecule has 0 aliphatic heterocycles. The number of hydrogen-bond donors (Lipinski definition) is 0. The minimum absolute atomic E-state index is 0.388. The lowest BCUT2D eigenvalue weighted by Crippen LogP contribution is -2.49. The molecule has 6 unspecified atom stereocenters. The van der Waals surface area contributed by atoms with E-state index in [0.29, 0.717) is 10.8 Å². The van der Waals surface area contributed by atoms with E-state index in [1.54, 1.807) is 11.1 Å². The molecular formula is C25H38O. The van der Waals surface area contributed by atoms with Crippen molar-refractivity contribution in [1.29, 1.82) is 0 Å². The molecule has 1 heteroatoms. The second-order valence-corrected chi connectivity index (χ2v) is 10.0. The third-order valence-corrected chi connectivity index (χ3v) is 9.07. The summed E-state index contributed by atoms with van der Waals surface area (Å²) in [5.74, 6) is 4.73. The van der Waals surface area contributed by atoms with Crippen LogP contribution in [0.3, 0.4) is 0 Å². The van der Waals surface area contributed by atoms with E-state index in [0.717, 1.165) is 30.1 Å². The van der Waals surface area contributed by atoms with E-state index in [1.165, 1.54) is 50.7 Å². The monoisotopic (exact) mass is 354 g/mol.